The van der Waals surface area contributed by atoms with E-state index in [2.05, 4.69) is 16.2 Å². The van der Waals surface area contributed by atoms with Gasteiger partial charge in [-0.1, -0.05) is 25.5 Å². The van der Waals surface area contributed by atoms with Crippen molar-refractivity contribution in [2.24, 2.45) is 0 Å². The summed E-state index contributed by atoms with van der Waals surface area (Å²) in [6, 6.07) is 12.0. The minimum Gasteiger partial charge on any atom is -0.326 e. The molecule has 0 aliphatic heterocycles. The number of hydrogen-bond acceptors (Lipinski definition) is 5. The summed E-state index contributed by atoms with van der Waals surface area (Å²) in [5.74, 6) is -1.22. The molecule has 0 aliphatic rings. The Balaban J connectivity index is 1.84. The van der Waals surface area contributed by atoms with Gasteiger partial charge >= 0.3 is 0 Å². The zero-order valence-electron chi connectivity index (χ0n) is 16.4. The predicted molar refractivity (Wildman–Crippen MR) is 112 cm³/mol. The van der Waals surface area contributed by atoms with Crippen LogP contribution in [-0.2, 0) is 9.59 Å². The summed E-state index contributed by atoms with van der Waals surface area (Å²) in [6.45, 7) is 2.00. The van der Waals surface area contributed by atoms with E-state index in [1.165, 1.54) is 36.4 Å². The van der Waals surface area contributed by atoms with Crippen LogP contribution in [0.15, 0.2) is 54.6 Å². The lowest BCUT2D eigenvalue weighted by molar-refractivity contribution is -0.384. The Morgan fingerprint density at radius 2 is 1.80 bits per heavy atom. The van der Waals surface area contributed by atoms with Crippen LogP contribution >= 0.6 is 0 Å². The number of nitrogens with zero attached hydrogens (tertiary/aromatic N) is 1. The van der Waals surface area contributed by atoms with Crippen molar-refractivity contribution < 1.29 is 19.3 Å². The van der Waals surface area contributed by atoms with Crippen molar-refractivity contribution in [3.8, 4) is 0 Å². The standard InChI is InChI=1S/C21H22N4O5/c1-2-3-7-19(26)22-17-11-9-16(10-12-17)21(28)24-23-20(27)13-8-15-5-4-6-18(14-15)25(29)30/h4-6,8-14H,2-3,7H2,1H3,(H,22,26)(H,23,27)(H,24,28)/b13-8+. The van der Waals surface area contributed by atoms with Crippen LogP contribution < -0.4 is 16.2 Å². The summed E-state index contributed by atoms with van der Waals surface area (Å²) < 4.78 is 0. The highest BCUT2D eigenvalue weighted by Gasteiger charge is 2.08. The van der Waals surface area contributed by atoms with E-state index < -0.39 is 16.7 Å². The van der Waals surface area contributed by atoms with Crippen molar-refractivity contribution in [1.82, 2.24) is 10.9 Å². The van der Waals surface area contributed by atoms with Crippen LogP contribution in [0.5, 0.6) is 0 Å². The molecule has 30 heavy (non-hydrogen) atoms. The Morgan fingerprint density at radius 3 is 2.47 bits per heavy atom. The summed E-state index contributed by atoms with van der Waals surface area (Å²) in [6.07, 6.45) is 4.72. The minimum atomic E-state index is -0.602. The van der Waals surface area contributed by atoms with E-state index in [0.29, 0.717) is 23.2 Å². The largest absolute Gasteiger partial charge is 0.326 e. The molecule has 0 spiro atoms. The van der Waals surface area contributed by atoms with Crippen molar-refractivity contribution >= 4 is 35.2 Å². The molecule has 0 radical (unpaired) electrons. The molecular weight excluding hydrogens is 388 g/mol. The fourth-order valence-corrected chi connectivity index (χ4v) is 2.41. The first-order chi connectivity index (χ1) is 14.4. The maximum absolute atomic E-state index is 12.1. The third-order valence-corrected chi connectivity index (χ3v) is 4.00. The average Bonchev–Trinajstić information content (AvgIpc) is 2.75. The molecule has 3 N–H and O–H groups in total. The number of nitrogens with one attached hydrogen (secondary N) is 3. The molecule has 0 aliphatic carbocycles. The Morgan fingerprint density at radius 1 is 1.07 bits per heavy atom. The fraction of sp³-hybridized carbons (Fsp3) is 0.190. The molecule has 0 atom stereocenters. The monoisotopic (exact) mass is 410 g/mol. The molecule has 0 fully saturated rings. The molecule has 0 bridgehead atoms. The number of carbonyl (C=O) groups excluding carboxylic acids is 3. The van der Waals surface area contributed by atoms with Gasteiger partial charge < -0.3 is 5.32 Å². The molecular formula is C21H22N4O5. The van der Waals surface area contributed by atoms with Crippen LogP contribution in [0.4, 0.5) is 11.4 Å². The Kier molecular flexibility index (Phi) is 8.25. The second kappa shape index (κ2) is 11.1. The van der Waals surface area contributed by atoms with Crippen LogP contribution in [-0.4, -0.2) is 22.6 Å². The van der Waals surface area contributed by atoms with Crippen LogP contribution in [0.25, 0.3) is 6.08 Å². The lowest BCUT2D eigenvalue weighted by Crippen LogP contribution is -2.40. The number of non-ortho nitro benzene ring substituents is 1. The molecule has 3 amide bonds. The van der Waals surface area contributed by atoms with Gasteiger partial charge in [0.2, 0.25) is 5.91 Å². The normalized spacial score (nSPS) is 10.4. The van der Waals surface area contributed by atoms with Gasteiger partial charge in [-0.3, -0.25) is 35.3 Å². The fourth-order valence-electron chi connectivity index (χ4n) is 2.41. The first-order valence-corrected chi connectivity index (χ1v) is 9.32. The molecule has 9 heteroatoms. The van der Waals surface area contributed by atoms with Crippen molar-refractivity contribution in [2.45, 2.75) is 26.2 Å². The molecule has 0 aromatic heterocycles. The Labute approximate surface area is 173 Å². The molecule has 0 saturated heterocycles. The number of hydrogen-bond donors (Lipinski definition) is 3. The Hall–Kier alpha value is -4.01. The van der Waals surface area contributed by atoms with Gasteiger partial charge in [0.15, 0.2) is 0 Å². The number of carbonyl (C=O) groups is 3. The molecule has 9 nitrogen and oxygen atoms in total. The molecule has 2 rings (SSSR count). The van der Waals surface area contributed by atoms with Gasteiger partial charge in [-0.15, -0.1) is 0 Å². The van der Waals surface area contributed by atoms with Gasteiger partial charge in [0, 0.05) is 35.9 Å². The van der Waals surface area contributed by atoms with Gasteiger partial charge in [0.25, 0.3) is 17.5 Å². The summed E-state index contributed by atoms with van der Waals surface area (Å²) in [5.41, 5.74) is 5.76. The van der Waals surface area contributed by atoms with Crippen molar-refractivity contribution in [2.75, 3.05) is 5.32 Å². The second-order valence-corrected chi connectivity index (χ2v) is 6.36. The molecule has 0 unspecified atom stereocenters. The summed E-state index contributed by atoms with van der Waals surface area (Å²) in [5, 5.41) is 13.5. The zero-order chi connectivity index (χ0) is 21.9. The van der Waals surface area contributed by atoms with E-state index in [-0.39, 0.29) is 11.6 Å². The SMILES string of the molecule is CCCCC(=O)Nc1ccc(C(=O)NNC(=O)/C=C/c2cccc([N+](=O)[O-])c2)cc1. The number of unbranched alkanes of at least 4 members (excludes halogenated alkanes) is 1. The highest BCUT2D eigenvalue weighted by Crippen LogP contribution is 2.14. The van der Waals surface area contributed by atoms with Crippen molar-refractivity contribution in [3.05, 3.63) is 75.8 Å². The average molecular weight is 410 g/mol. The molecule has 156 valence electrons. The van der Waals surface area contributed by atoms with E-state index in [4.69, 9.17) is 0 Å². The van der Waals surface area contributed by atoms with Crippen LogP contribution in [0, 0.1) is 10.1 Å². The second-order valence-electron chi connectivity index (χ2n) is 6.36. The van der Waals surface area contributed by atoms with E-state index in [1.807, 2.05) is 6.92 Å². The first-order valence-electron chi connectivity index (χ1n) is 9.32. The van der Waals surface area contributed by atoms with Gasteiger partial charge in [-0.25, -0.2) is 0 Å². The number of hydrazine groups is 1. The van der Waals surface area contributed by atoms with Crippen molar-refractivity contribution in [1.29, 1.82) is 0 Å². The van der Waals surface area contributed by atoms with Gasteiger partial charge in [-0.05, 0) is 42.3 Å². The Bertz CT molecular complexity index is 954. The van der Waals surface area contributed by atoms with E-state index in [9.17, 15) is 24.5 Å². The van der Waals surface area contributed by atoms with Crippen LogP contribution in [0.3, 0.4) is 0 Å². The number of amides is 3. The predicted octanol–water partition coefficient (Wildman–Crippen LogP) is 3.20. The van der Waals surface area contributed by atoms with E-state index in [0.717, 1.165) is 18.9 Å². The van der Waals surface area contributed by atoms with Crippen LogP contribution in [0.2, 0.25) is 0 Å². The number of benzene rings is 2. The smallest absolute Gasteiger partial charge is 0.270 e. The number of nitro benzene ring substituents is 1. The number of nitro groups is 1. The third-order valence-electron chi connectivity index (χ3n) is 4.00. The molecule has 2 aromatic rings. The summed E-state index contributed by atoms with van der Waals surface area (Å²) >= 11 is 0. The van der Waals surface area contributed by atoms with Gasteiger partial charge in [0.1, 0.15) is 0 Å². The quantitative estimate of drug-likeness (QED) is 0.349. The lowest BCUT2D eigenvalue weighted by Gasteiger charge is -2.07. The summed E-state index contributed by atoms with van der Waals surface area (Å²) in [4.78, 5) is 45.9. The van der Waals surface area contributed by atoms with Crippen molar-refractivity contribution in [3.63, 3.8) is 0 Å². The topological polar surface area (TPSA) is 130 Å². The summed E-state index contributed by atoms with van der Waals surface area (Å²) in [7, 11) is 0. The molecule has 2 aromatic carbocycles. The number of rotatable bonds is 8. The van der Waals surface area contributed by atoms with Gasteiger partial charge in [0.05, 0.1) is 4.92 Å². The highest BCUT2D eigenvalue weighted by molar-refractivity contribution is 5.98. The van der Waals surface area contributed by atoms with E-state index >= 15 is 0 Å². The maximum atomic E-state index is 12.1. The van der Waals surface area contributed by atoms with Crippen LogP contribution in [0.1, 0.15) is 42.1 Å². The molecule has 0 heterocycles. The first kappa shape index (κ1) is 22.3. The zero-order valence-corrected chi connectivity index (χ0v) is 16.4. The van der Waals surface area contributed by atoms with Gasteiger partial charge in [-0.2, -0.15) is 0 Å². The highest BCUT2D eigenvalue weighted by atomic mass is 16.6. The molecule has 0 saturated carbocycles. The lowest BCUT2D eigenvalue weighted by atomic mass is 10.2. The maximum Gasteiger partial charge on any atom is 0.270 e. The van der Waals surface area contributed by atoms with E-state index in [1.54, 1.807) is 18.2 Å². The third kappa shape index (κ3) is 7.19. The number of anilines is 1. The minimum absolute atomic E-state index is 0.0862.